The summed E-state index contributed by atoms with van der Waals surface area (Å²) in [7, 11) is 0. The Bertz CT molecular complexity index is 3490. The normalized spacial score (nSPS) is 11.5. The zero-order valence-corrected chi connectivity index (χ0v) is 33.4. The summed E-state index contributed by atoms with van der Waals surface area (Å²) in [5, 5.41) is 4.38. The second kappa shape index (κ2) is 14.7. The first kappa shape index (κ1) is 35.5. The molecule has 12 rings (SSSR count). The van der Waals surface area contributed by atoms with Crippen LogP contribution >= 0.6 is 0 Å². The minimum atomic E-state index is 0.603. The van der Waals surface area contributed by atoms with Gasteiger partial charge in [-0.1, -0.05) is 182 Å². The number of nitrogens with zero attached hydrogens (tertiary/aromatic N) is 3. The van der Waals surface area contributed by atoms with E-state index < -0.39 is 0 Å². The standard InChI is InChI=1S/C57H35N3O2/c1-3-15-37(16-4-1)43-19-7-8-22-50(43)57-59-55(38-17-5-2-6-18-38)58-56(60-57)39-31-29-36(30-32-39)40-33-41(44-23-13-25-48-46-20-9-11-27-51(46)61-53(44)48)35-42(34-40)45-24-14-26-49-47-21-10-12-28-52(47)62-54(45)49/h1-35H. The molecule has 0 spiro atoms. The van der Waals surface area contributed by atoms with E-state index in [1.165, 1.54) is 0 Å². The van der Waals surface area contributed by atoms with Crippen LogP contribution in [0.2, 0.25) is 0 Å². The highest BCUT2D eigenvalue weighted by Crippen LogP contribution is 2.42. The van der Waals surface area contributed by atoms with Crippen molar-refractivity contribution < 1.29 is 8.83 Å². The van der Waals surface area contributed by atoms with Crippen LogP contribution in [0.15, 0.2) is 221 Å². The number of rotatable bonds is 7. The second-order valence-electron chi connectivity index (χ2n) is 15.5. The van der Waals surface area contributed by atoms with Gasteiger partial charge in [-0.25, -0.2) is 15.0 Å². The number of hydrogen-bond donors (Lipinski definition) is 0. The van der Waals surface area contributed by atoms with E-state index in [0.29, 0.717) is 17.5 Å². The third-order valence-corrected chi connectivity index (χ3v) is 11.8. The summed E-state index contributed by atoms with van der Waals surface area (Å²) in [6.07, 6.45) is 0. The molecule has 0 atom stereocenters. The highest BCUT2D eigenvalue weighted by Gasteiger charge is 2.19. The van der Waals surface area contributed by atoms with Gasteiger partial charge in [-0.05, 0) is 63.7 Å². The summed E-state index contributed by atoms with van der Waals surface area (Å²) in [5.74, 6) is 1.84. The molecule has 290 valence electrons. The molecule has 3 heterocycles. The molecule has 0 aliphatic carbocycles. The van der Waals surface area contributed by atoms with Gasteiger partial charge in [0, 0.05) is 49.4 Å². The van der Waals surface area contributed by atoms with Gasteiger partial charge in [0.05, 0.1) is 0 Å². The van der Waals surface area contributed by atoms with Crippen molar-refractivity contribution in [2.24, 2.45) is 0 Å². The fourth-order valence-electron chi connectivity index (χ4n) is 8.76. The first-order valence-corrected chi connectivity index (χ1v) is 20.8. The summed E-state index contributed by atoms with van der Waals surface area (Å²) in [6.45, 7) is 0. The lowest BCUT2D eigenvalue weighted by Gasteiger charge is -2.13. The molecule has 0 unspecified atom stereocenters. The van der Waals surface area contributed by atoms with E-state index in [1.807, 2.05) is 66.7 Å². The Morgan fingerprint density at radius 1 is 0.242 bits per heavy atom. The van der Waals surface area contributed by atoms with Crippen LogP contribution in [0.3, 0.4) is 0 Å². The lowest BCUT2D eigenvalue weighted by molar-refractivity contribution is 0.670. The third-order valence-electron chi connectivity index (χ3n) is 11.8. The van der Waals surface area contributed by atoms with Crippen molar-refractivity contribution in [1.82, 2.24) is 15.0 Å². The molecule has 0 bridgehead atoms. The van der Waals surface area contributed by atoms with E-state index >= 15 is 0 Å². The molecular formula is C57H35N3O2. The molecule has 0 saturated carbocycles. The van der Waals surface area contributed by atoms with Crippen molar-refractivity contribution in [3.05, 3.63) is 212 Å². The highest BCUT2D eigenvalue weighted by atomic mass is 16.3. The van der Waals surface area contributed by atoms with Crippen LogP contribution in [0.5, 0.6) is 0 Å². The van der Waals surface area contributed by atoms with Crippen molar-refractivity contribution in [2.45, 2.75) is 0 Å². The van der Waals surface area contributed by atoms with Crippen LogP contribution in [0.1, 0.15) is 0 Å². The van der Waals surface area contributed by atoms with Crippen LogP contribution in [-0.2, 0) is 0 Å². The van der Waals surface area contributed by atoms with Gasteiger partial charge in [-0.2, -0.15) is 0 Å². The molecular weight excluding hydrogens is 759 g/mol. The van der Waals surface area contributed by atoms with E-state index in [9.17, 15) is 0 Å². The van der Waals surface area contributed by atoms with Crippen molar-refractivity contribution in [1.29, 1.82) is 0 Å². The minimum Gasteiger partial charge on any atom is -0.455 e. The molecule has 5 heteroatoms. The lowest BCUT2D eigenvalue weighted by Crippen LogP contribution is -2.01. The van der Waals surface area contributed by atoms with E-state index in [4.69, 9.17) is 23.8 Å². The average Bonchev–Trinajstić information content (AvgIpc) is 3.93. The van der Waals surface area contributed by atoms with Gasteiger partial charge in [0.2, 0.25) is 0 Å². The molecule has 0 radical (unpaired) electrons. The topological polar surface area (TPSA) is 65.0 Å². The molecule has 5 nitrogen and oxygen atoms in total. The van der Waals surface area contributed by atoms with E-state index in [1.54, 1.807) is 0 Å². The molecule has 9 aromatic carbocycles. The molecule has 0 saturated heterocycles. The quantitative estimate of drug-likeness (QED) is 0.161. The van der Waals surface area contributed by atoms with Crippen molar-refractivity contribution in [3.8, 4) is 78.7 Å². The van der Waals surface area contributed by atoms with Crippen LogP contribution in [0, 0.1) is 0 Å². The number of furan rings is 2. The summed E-state index contributed by atoms with van der Waals surface area (Å²) < 4.78 is 13.2. The van der Waals surface area contributed by atoms with Crippen LogP contribution < -0.4 is 0 Å². The zero-order chi connectivity index (χ0) is 41.0. The number of benzene rings is 9. The predicted octanol–water partition coefficient (Wildman–Crippen LogP) is 15.3. The molecule has 62 heavy (non-hydrogen) atoms. The van der Waals surface area contributed by atoms with Gasteiger partial charge in [0.25, 0.3) is 0 Å². The van der Waals surface area contributed by atoms with Crippen molar-refractivity contribution in [2.75, 3.05) is 0 Å². The van der Waals surface area contributed by atoms with Gasteiger partial charge in [-0.3, -0.25) is 0 Å². The molecule has 0 aliphatic heterocycles. The molecule has 3 aromatic heterocycles. The van der Waals surface area contributed by atoms with Gasteiger partial charge in [0.1, 0.15) is 22.3 Å². The smallest absolute Gasteiger partial charge is 0.164 e. The Hall–Kier alpha value is -8.41. The Labute approximate surface area is 357 Å². The number of hydrogen-bond acceptors (Lipinski definition) is 5. The first-order chi connectivity index (χ1) is 30.7. The maximum Gasteiger partial charge on any atom is 0.164 e. The van der Waals surface area contributed by atoms with Gasteiger partial charge < -0.3 is 8.83 Å². The Morgan fingerprint density at radius 2 is 0.645 bits per heavy atom. The number of aromatic nitrogens is 3. The second-order valence-corrected chi connectivity index (χ2v) is 15.5. The lowest BCUT2D eigenvalue weighted by atomic mass is 9.92. The molecule has 0 N–H and O–H groups in total. The summed E-state index contributed by atoms with van der Waals surface area (Å²) in [5.41, 5.74) is 14.6. The monoisotopic (exact) mass is 793 g/mol. The maximum absolute atomic E-state index is 6.58. The third kappa shape index (κ3) is 6.14. The minimum absolute atomic E-state index is 0.603. The van der Waals surface area contributed by atoms with E-state index in [0.717, 1.165) is 105 Å². The Morgan fingerprint density at radius 3 is 1.23 bits per heavy atom. The summed E-state index contributed by atoms with van der Waals surface area (Å²) in [6, 6.07) is 73.4. The molecule has 0 fully saturated rings. The number of para-hydroxylation sites is 4. The number of fused-ring (bicyclic) bond motifs is 6. The molecule has 0 amide bonds. The molecule has 0 aliphatic rings. The van der Waals surface area contributed by atoms with Crippen LogP contribution in [-0.4, -0.2) is 15.0 Å². The van der Waals surface area contributed by atoms with E-state index in [-0.39, 0.29) is 0 Å². The van der Waals surface area contributed by atoms with Gasteiger partial charge in [0.15, 0.2) is 17.5 Å². The van der Waals surface area contributed by atoms with E-state index in [2.05, 4.69) is 146 Å². The Balaban J connectivity index is 1.01. The van der Waals surface area contributed by atoms with Gasteiger partial charge in [-0.15, -0.1) is 0 Å². The fraction of sp³-hybridized carbons (Fsp3) is 0. The summed E-state index contributed by atoms with van der Waals surface area (Å²) in [4.78, 5) is 15.3. The van der Waals surface area contributed by atoms with Crippen molar-refractivity contribution in [3.63, 3.8) is 0 Å². The van der Waals surface area contributed by atoms with Crippen LogP contribution in [0.25, 0.3) is 123 Å². The summed E-state index contributed by atoms with van der Waals surface area (Å²) >= 11 is 0. The largest absolute Gasteiger partial charge is 0.455 e. The SMILES string of the molecule is c1ccc(-c2nc(-c3ccc(-c4cc(-c5cccc6c5oc5ccccc56)cc(-c5cccc6c5oc5ccccc56)c4)cc3)nc(-c3ccccc3-c3ccccc3)n2)cc1. The van der Waals surface area contributed by atoms with Crippen molar-refractivity contribution >= 4 is 43.9 Å². The zero-order valence-electron chi connectivity index (χ0n) is 33.4. The fourth-order valence-corrected chi connectivity index (χ4v) is 8.76. The average molecular weight is 794 g/mol. The predicted molar refractivity (Wildman–Crippen MR) is 252 cm³/mol. The molecule has 12 aromatic rings. The highest BCUT2D eigenvalue weighted by molar-refractivity contribution is 6.11. The van der Waals surface area contributed by atoms with Gasteiger partial charge >= 0.3 is 0 Å². The first-order valence-electron chi connectivity index (χ1n) is 20.8. The maximum atomic E-state index is 6.58. The van der Waals surface area contributed by atoms with Crippen LogP contribution in [0.4, 0.5) is 0 Å². The Kier molecular flexibility index (Phi) is 8.42.